The summed E-state index contributed by atoms with van der Waals surface area (Å²) in [6.07, 6.45) is 4.45. The fourth-order valence-corrected chi connectivity index (χ4v) is 3.60. The number of fused-ring (bicyclic) bond motifs is 2. The normalized spacial score (nSPS) is 16.9. The summed E-state index contributed by atoms with van der Waals surface area (Å²) < 4.78 is 5.96. The Morgan fingerprint density at radius 2 is 1.69 bits per heavy atom. The maximum absolute atomic E-state index is 12.9. The zero-order valence-electron chi connectivity index (χ0n) is 14.9. The molecule has 5 nitrogen and oxygen atoms in total. The second-order valence-electron chi connectivity index (χ2n) is 6.85. The molecule has 2 aliphatic rings. The lowest BCUT2D eigenvalue weighted by Gasteiger charge is -2.22. The highest BCUT2D eigenvalue weighted by Crippen LogP contribution is 2.38. The summed E-state index contributed by atoms with van der Waals surface area (Å²) in [7, 11) is 1.72. The van der Waals surface area contributed by atoms with Crippen molar-refractivity contribution < 1.29 is 14.3 Å². The van der Waals surface area contributed by atoms with Crippen molar-refractivity contribution in [2.45, 2.75) is 25.7 Å². The van der Waals surface area contributed by atoms with Gasteiger partial charge in [-0.2, -0.15) is 0 Å². The average Bonchev–Trinajstić information content (AvgIpc) is 3.00. The number of rotatable bonds is 1. The van der Waals surface area contributed by atoms with Crippen LogP contribution in [0.25, 0.3) is 0 Å². The van der Waals surface area contributed by atoms with Crippen molar-refractivity contribution in [2.75, 3.05) is 25.0 Å². The van der Waals surface area contributed by atoms with Gasteiger partial charge < -0.3 is 14.5 Å². The minimum atomic E-state index is -0.140. The van der Waals surface area contributed by atoms with Gasteiger partial charge in [-0.3, -0.25) is 9.59 Å². The first-order valence-corrected chi connectivity index (χ1v) is 9.13. The van der Waals surface area contributed by atoms with Crippen LogP contribution in [0.2, 0.25) is 0 Å². The first kappa shape index (κ1) is 16.6. The highest BCUT2D eigenvalue weighted by molar-refractivity contribution is 6.10. The molecule has 0 atom stereocenters. The van der Waals surface area contributed by atoms with Gasteiger partial charge in [0.2, 0.25) is 0 Å². The molecule has 0 radical (unpaired) electrons. The minimum absolute atomic E-state index is 0.0253. The molecule has 2 aliphatic heterocycles. The van der Waals surface area contributed by atoms with Gasteiger partial charge in [0.15, 0.2) is 5.75 Å². The van der Waals surface area contributed by atoms with E-state index in [4.69, 9.17) is 4.74 Å². The molecule has 2 heterocycles. The summed E-state index contributed by atoms with van der Waals surface area (Å²) in [5, 5.41) is 0. The fourth-order valence-electron chi connectivity index (χ4n) is 3.60. The van der Waals surface area contributed by atoms with Crippen LogP contribution in [0.15, 0.2) is 42.5 Å². The summed E-state index contributed by atoms with van der Waals surface area (Å²) in [6.45, 7) is 1.60. The van der Waals surface area contributed by atoms with Gasteiger partial charge in [0, 0.05) is 25.7 Å². The van der Waals surface area contributed by atoms with Crippen molar-refractivity contribution >= 4 is 17.5 Å². The van der Waals surface area contributed by atoms with E-state index >= 15 is 0 Å². The Bertz CT molecular complexity index is 854. The summed E-state index contributed by atoms with van der Waals surface area (Å²) in [4.78, 5) is 29.2. The van der Waals surface area contributed by atoms with E-state index in [0.29, 0.717) is 28.3 Å². The van der Waals surface area contributed by atoms with Crippen LogP contribution in [0.1, 0.15) is 46.4 Å². The van der Waals surface area contributed by atoms with Gasteiger partial charge in [-0.15, -0.1) is 0 Å². The lowest BCUT2D eigenvalue weighted by Crippen LogP contribution is -2.32. The fraction of sp³-hybridized carbons (Fsp3) is 0.333. The number of amides is 2. The van der Waals surface area contributed by atoms with Crippen molar-refractivity contribution in [3.05, 3.63) is 53.6 Å². The van der Waals surface area contributed by atoms with Crippen LogP contribution in [-0.2, 0) is 0 Å². The van der Waals surface area contributed by atoms with Crippen LogP contribution in [0.3, 0.4) is 0 Å². The van der Waals surface area contributed by atoms with Gasteiger partial charge in [0.25, 0.3) is 11.8 Å². The van der Waals surface area contributed by atoms with Crippen LogP contribution in [0.4, 0.5) is 5.69 Å². The van der Waals surface area contributed by atoms with E-state index in [9.17, 15) is 9.59 Å². The summed E-state index contributed by atoms with van der Waals surface area (Å²) in [5.41, 5.74) is 1.73. The average molecular weight is 350 g/mol. The third-order valence-corrected chi connectivity index (χ3v) is 5.10. The Kier molecular flexibility index (Phi) is 4.37. The predicted molar refractivity (Wildman–Crippen MR) is 100 cm³/mol. The number of hydrogen-bond acceptors (Lipinski definition) is 3. The number of likely N-dealkylation sites (tertiary alicyclic amines) is 1. The first-order valence-electron chi connectivity index (χ1n) is 9.13. The van der Waals surface area contributed by atoms with Gasteiger partial charge in [-0.25, -0.2) is 0 Å². The van der Waals surface area contributed by atoms with Crippen molar-refractivity contribution in [1.29, 1.82) is 0 Å². The molecular formula is C21H22N2O3. The van der Waals surface area contributed by atoms with Gasteiger partial charge >= 0.3 is 0 Å². The molecule has 4 rings (SSSR count). The molecule has 0 unspecified atom stereocenters. The lowest BCUT2D eigenvalue weighted by atomic mass is 10.1. The third kappa shape index (κ3) is 2.94. The van der Waals surface area contributed by atoms with Gasteiger partial charge in [0.05, 0.1) is 11.3 Å². The minimum Gasteiger partial charge on any atom is -0.454 e. The Hall–Kier alpha value is -2.82. The van der Waals surface area contributed by atoms with Gasteiger partial charge in [-0.05, 0) is 43.2 Å². The number of para-hydroxylation sites is 1. The number of benzene rings is 2. The first-order chi connectivity index (χ1) is 12.6. The number of carbonyl (C=O) groups excluding carboxylic acids is 2. The molecule has 1 fully saturated rings. The van der Waals surface area contributed by atoms with Crippen LogP contribution >= 0.6 is 0 Å². The van der Waals surface area contributed by atoms with E-state index in [1.807, 2.05) is 17.0 Å². The van der Waals surface area contributed by atoms with Crippen molar-refractivity contribution in [3.8, 4) is 11.5 Å². The topological polar surface area (TPSA) is 49.9 Å². The maximum Gasteiger partial charge on any atom is 0.261 e. The maximum atomic E-state index is 12.9. The van der Waals surface area contributed by atoms with E-state index in [2.05, 4.69) is 0 Å². The molecular weight excluding hydrogens is 328 g/mol. The molecule has 0 aliphatic carbocycles. The van der Waals surface area contributed by atoms with E-state index in [0.717, 1.165) is 25.9 Å². The molecule has 2 aromatic rings. The summed E-state index contributed by atoms with van der Waals surface area (Å²) in [6, 6.07) is 12.5. The van der Waals surface area contributed by atoms with Crippen molar-refractivity contribution in [2.24, 2.45) is 0 Å². The van der Waals surface area contributed by atoms with Crippen LogP contribution in [0.5, 0.6) is 11.5 Å². The van der Waals surface area contributed by atoms with Crippen LogP contribution < -0.4 is 9.64 Å². The number of anilines is 1. The van der Waals surface area contributed by atoms with Gasteiger partial charge in [0.1, 0.15) is 5.75 Å². The number of carbonyl (C=O) groups is 2. The molecule has 5 heteroatoms. The SMILES string of the molecule is CN1C(=O)c2ccccc2Oc2ccc(C(=O)N3CCCCCC3)cc21. The number of ether oxygens (including phenoxy) is 1. The molecule has 134 valence electrons. The van der Waals surface area contributed by atoms with Crippen LogP contribution in [-0.4, -0.2) is 36.9 Å². The Morgan fingerprint density at radius 3 is 2.46 bits per heavy atom. The van der Waals surface area contributed by atoms with E-state index < -0.39 is 0 Å². The largest absolute Gasteiger partial charge is 0.454 e. The second-order valence-corrected chi connectivity index (χ2v) is 6.85. The van der Waals surface area contributed by atoms with E-state index in [1.165, 1.54) is 12.8 Å². The van der Waals surface area contributed by atoms with E-state index in [-0.39, 0.29) is 11.8 Å². The third-order valence-electron chi connectivity index (χ3n) is 5.10. The summed E-state index contributed by atoms with van der Waals surface area (Å²) >= 11 is 0. The predicted octanol–water partition coefficient (Wildman–Crippen LogP) is 4.09. The quantitative estimate of drug-likeness (QED) is 0.778. The number of nitrogens with zero attached hydrogens (tertiary/aromatic N) is 2. The van der Waals surface area contributed by atoms with Crippen molar-refractivity contribution in [3.63, 3.8) is 0 Å². The molecule has 0 N–H and O–H groups in total. The van der Waals surface area contributed by atoms with Crippen molar-refractivity contribution in [1.82, 2.24) is 4.90 Å². The lowest BCUT2D eigenvalue weighted by molar-refractivity contribution is 0.0761. The molecule has 2 amide bonds. The molecule has 0 aromatic heterocycles. The summed E-state index contributed by atoms with van der Waals surface area (Å²) in [5.74, 6) is 1.00. The highest BCUT2D eigenvalue weighted by atomic mass is 16.5. The molecule has 0 bridgehead atoms. The standard InChI is InChI=1S/C21H22N2O3/c1-22-17-14-15(20(24)23-12-6-2-3-7-13-23)10-11-19(17)26-18-9-5-4-8-16(18)21(22)25/h4-5,8-11,14H,2-3,6-7,12-13H2,1H3. The van der Waals surface area contributed by atoms with Gasteiger partial charge in [-0.1, -0.05) is 25.0 Å². The molecule has 2 aromatic carbocycles. The van der Waals surface area contributed by atoms with E-state index in [1.54, 1.807) is 42.3 Å². The zero-order chi connectivity index (χ0) is 18.1. The molecule has 26 heavy (non-hydrogen) atoms. The zero-order valence-corrected chi connectivity index (χ0v) is 14.9. The Morgan fingerprint density at radius 1 is 0.962 bits per heavy atom. The Balaban J connectivity index is 1.69. The Labute approximate surface area is 153 Å². The molecule has 1 saturated heterocycles. The molecule has 0 spiro atoms. The second kappa shape index (κ2) is 6.83. The highest BCUT2D eigenvalue weighted by Gasteiger charge is 2.27. The van der Waals surface area contributed by atoms with Crippen LogP contribution in [0, 0.1) is 0 Å². The smallest absolute Gasteiger partial charge is 0.261 e. The number of hydrogen-bond donors (Lipinski definition) is 0. The molecule has 0 saturated carbocycles. The monoisotopic (exact) mass is 350 g/mol.